The van der Waals surface area contributed by atoms with Crippen molar-refractivity contribution in [1.29, 1.82) is 5.26 Å². The molecule has 0 aliphatic rings. The highest BCUT2D eigenvalue weighted by Crippen LogP contribution is 2.35. The Hall–Kier alpha value is -3.24. The van der Waals surface area contributed by atoms with E-state index in [1.807, 2.05) is 36.4 Å². The SMILES string of the molecule is COc1ccc(OC)c(Nc2nc(SC(C)C)nc(-c3ccccc3)c2C#N)c1. The van der Waals surface area contributed by atoms with E-state index < -0.39 is 0 Å². The third-order valence-electron chi connectivity index (χ3n) is 4.05. The number of nitrogens with one attached hydrogen (secondary N) is 1. The highest BCUT2D eigenvalue weighted by atomic mass is 32.2. The lowest BCUT2D eigenvalue weighted by molar-refractivity contribution is 0.405. The van der Waals surface area contributed by atoms with E-state index in [9.17, 15) is 5.26 Å². The standard InChI is InChI=1S/C22H22N4O2S/c1-14(2)29-22-25-20(15-8-6-5-7-9-15)17(13-23)21(26-22)24-18-12-16(27-3)10-11-19(18)28-4/h5-12,14H,1-4H3,(H,24,25,26). The molecule has 3 rings (SSSR count). The van der Waals surface area contributed by atoms with E-state index in [0.29, 0.717) is 44.7 Å². The van der Waals surface area contributed by atoms with Gasteiger partial charge in [-0.05, 0) is 12.1 Å². The van der Waals surface area contributed by atoms with Gasteiger partial charge in [-0.25, -0.2) is 9.97 Å². The monoisotopic (exact) mass is 406 g/mol. The molecule has 0 amide bonds. The van der Waals surface area contributed by atoms with E-state index in [-0.39, 0.29) is 0 Å². The molecular formula is C22H22N4O2S. The first kappa shape index (κ1) is 20.5. The number of anilines is 2. The van der Waals surface area contributed by atoms with Crippen molar-refractivity contribution < 1.29 is 9.47 Å². The van der Waals surface area contributed by atoms with Crippen molar-refractivity contribution in [2.75, 3.05) is 19.5 Å². The van der Waals surface area contributed by atoms with Gasteiger partial charge in [-0.2, -0.15) is 5.26 Å². The predicted octanol–water partition coefficient (Wildman–Crippen LogP) is 5.28. The fourth-order valence-electron chi connectivity index (χ4n) is 2.74. The predicted molar refractivity (Wildman–Crippen MR) is 116 cm³/mol. The topological polar surface area (TPSA) is 80.1 Å². The number of hydrogen-bond acceptors (Lipinski definition) is 7. The van der Waals surface area contributed by atoms with E-state index >= 15 is 0 Å². The van der Waals surface area contributed by atoms with Crippen molar-refractivity contribution >= 4 is 23.3 Å². The highest BCUT2D eigenvalue weighted by Gasteiger charge is 2.18. The fourth-order valence-corrected chi connectivity index (χ4v) is 3.45. The van der Waals surface area contributed by atoms with Gasteiger partial charge in [0, 0.05) is 16.9 Å². The Bertz CT molecular complexity index is 1030. The normalized spacial score (nSPS) is 10.5. The molecule has 148 valence electrons. The molecule has 1 heterocycles. The van der Waals surface area contributed by atoms with Crippen LogP contribution in [0.1, 0.15) is 19.4 Å². The second-order valence-electron chi connectivity index (χ2n) is 6.41. The minimum absolute atomic E-state index is 0.297. The Morgan fingerprint density at radius 1 is 1.03 bits per heavy atom. The summed E-state index contributed by atoms with van der Waals surface area (Å²) in [6.45, 7) is 4.15. The van der Waals surface area contributed by atoms with Crippen molar-refractivity contribution in [3.63, 3.8) is 0 Å². The molecule has 2 aromatic carbocycles. The van der Waals surface area contributed by atoms with Gasteiger partial charge in [0.25, 0.3) is 0 Å². The third kappa shape index (κ3) is 4.79. The Morgan fingerprint density at radius 3 is 2.41 bits per heavy atom. The molecule has 0 aliphatic heterocycles. The molecule has 0 fully saturated rings. The van der Waals surface area contributed by atoms with Crippen molar-refractivity contribution in [3.05, 3.63) is 54.1 Å². The molecule has 3 aromatic rings. The minimum Gasteiger partial charge on any atom is -0.497 e. The largest absolute Gasteiger partial charge is 0.497 e. The van der Waals surface area contributed by atoms with Crippen LogP contribution in [-0.2, 0) is 0 Å². The van der Waals surface area contributed by atoms with Crippen LogP contribution < -0.4 is 14.8 Å². The van der Waals surface area contributed by atoms with Crippen LogP contribution in [0.5, 0.6) is 11.5 Å². The number of ether oxygens (including phenoxy) is 2. The van der Waals surface area contributed by atoms with Crippen molar-refractivity contribution in [1.82, 2.24) is 9.97 Å². The molecule has 0 saturated heterocycles. The number of methoxy groups -OCH3 is 2. The number of nitriles is 1. The highest BCUT2D eigenvalue weighted by molar-refractivity contribution is 7.99. The van der Waals surface area contributed by atoms with Crippen LogP contribution in [-0.4, -0.2) is 29.4 Å². The zero-order valence-corrected chi connectivity index (χ0v) is 17.6. The van der Waals surface area contributed by atoms with E-state index in [2.05, 4.69) is 35.2 Å². The first-order chi connectivity index (χ1) is 14.0. The quantitative estimate of drug-likeness (QED) is 0.422. The molecule has 0 saturated carbocycles. The number of thioether (sulfide) groups is 1. The van der Waals surface area contributed by atoms with Crippen LogP contribution >= 0.6 is 11.8 Å². The molecule has 0 spiro atoms. The summed E-state index contributed by atoms with van der Waals surface area (Å²) in [6.07, 6.45) is 0. The van der Waals surface area contributed by atoms with E-state index in [1.54, 1.807) is 38.1 Å². The number of nitrogens with zero attached hydrogens (tertiary/aromatic N) is 3. The Balaban J connectivity index is 2.16. The molecule has 1 N–H and O–H groups in total. The molecule has 29 heavy (non-hydrogen) atoms. The van der Waals surface area contributed by atoms with Crippen LogP contribution in [0.25, 0.3) is 11.3 Å². The van der Waals surface area contributed by atoms with Crippen LogP contribution in [0, 0.1) is 11.3 Å². The first-order valence-electron chi connectivity index (χ1n) is 9.09. The average molecular weight is 407 g/mol. The fraction of sp³-hybridized carbons (Fsp3) is 0.227. The lowest BCUT2D eigenvalue weighted by Gasteiger charge is -2.16. The van der Waals surface area contributed by atoms with E-state index in [0.717, 1.165) is 5.56 Å². The second kappa shape index (κ2) is 9.30. The molecular weight excluding hydrogens is 384 g/mol. The third-order valence-corrected chi connectivity index (χ3v) is 4.91. The zero-order valence-electron chi connectivity index (χ0n) is 16.8. The van der Waals surface area contributed by atoms with Gasteiger partial charge >= 0.3 is 0 Å². The number of aromatic nitrogens is 2. The molecule has 0 unspecified atom stereocenters. The number of rotatable bonds is 7. The van der Waals surface area contributed by atoms with E-state index in [1.165, 1.54) is 0 Å². The Labute approximate surface area is 174 Å². The Kier molecular flexibility index (Phi) is 6.57. The summed E-state index contributed by atoms with van der Waals surface area (Å²) in [6, 6.07) is 17.3. The smallest absolute Gasteiger partial charge is 0.190 e. The summed E-state index contributed by atoms with van der Waals surface area (Å²) < 4.78 is 10.8. The lowest BCUT2D eigenvalue weighted by Crippen LogP contribution is -2.05. The molecule has 1 aromatic heterocycles. The van der Waals surface area contributed by atoms with Gasteiger partial charge in [-0.3, -0.25) is 0 Å². The van der Waals surface area contributed by atoms with E-state index in [4.69, 9.17) is 9.47 Å². The first-order valence-corrected chi connectivity index (χ1v) is 9.97. The summed E-state index contributed by atoms with van der Waals surface area (Å²) in [5.74, 6) is 1.71. The van der Waals surface area contributed by atoms with Crippen LogP contribution in [0.15, 0.2) is 53.7 Å². The van der Waals surface area contributed by atoms with Gasteiger partial charge in [0.1, 0.15) is 23.1 Å². The maximum absolute atomic E-state index is 9.91. The number of benzene rings is 2. The van der Waals surface area contributed by atoms with Crippen molar-refractivity contribution in [3.8, 4) is 28.8 Å². The minimum atomic E-state index is 0.297. The molecule has 6 nitrogen and oxygen atoms in total. The molecule has 0 radical (unpaired) electrons. The molecule has 0 atom stereocenters. The van der Waals surface area contributed by atoms with Crippen molar-refractivity contribution in [2.24, 2.45) is 0 Å². The summed E-state index contributed by atoms with van der Waals surface area (Å²) in [7, 11) is 3.19. The van der Waals surface area contributed by atoms with Crippen LogP contribution in [0.2, 0.25) is 0 Å². The van der Waals surface area contributed by atoms with Gasteiger partial charge in [-0.1, -0.05) is 55.9 Å². The molecule has 7 heteroatoms. The Morgan fingerprint density at radius 2 is 1.79 bits per heavy atom. The second-order valence-corrected chi connectivity index (χ2v) is 7.96. The maximum atomic E-state index is 9.91. The van der Waals surface area contributed by atoms with Crippen LogP contribution in [0.4, 0.5) is 11.5 Å². The average Bonchev–Trinajstić information content (AvgIpc) is 2.73. The van der Waals surface area contributed by atoms with Gasteiger partial charge < -0.3 is 14.8 Å². The maximum Gasteiger partial charge on any atom is 0.190 e. The number of hydrogen-bond donors (Lipinski definition) is 1. The van der Waals surface area contributed by atoms with Gasteiger partial charge in [0.15, 0.2) is 11.0 Å². The molecule has 0 bridgehead atoms. The van der Waals surface area contributed by atoms with Gasteiger partial charge in [-0.15, -0.1) is 0 Å². The molecule has 0 aliphatic carbocycles. The van der Waals surface area contributed by atoms with Gasteiger partial charge in [0.2, 0.25) is 0 Å². The van der Waals surface area contributed by atoms with Gasteiger partial charge in [0.05, 0.1) is 25.6 Å². The summed E-state index contributed by atoms with van der Waals surface area (Å²) in [4.78, 5) is 9.28. The lowest BCUT2D eigenvalue weighted by atomic mass is 10.1. The summed E-state index contributed by atoms with van der Waals surface area (Å²) in [5.41, 5.74) is 2.48. The van der Waals surface area contributed by atoms with Crippen LogP contribution in [0.3, 0.4) is 0 Å². The summed E-state index contributed by atoms with van der Waals surface area (Å²) >= 11 is 1.54. The van der Waals surface area contributed by atoms with Crippen molar-refractivity contribution in [2.45, 2.75) is 24.3 Å². The summed E-state index contributed by atoms with van der Waals surface area (Å²) in [5, 5.41) is 14.1. The zero-order chi connectivity index (χ0) is 20.8.